The van der Waals surface area contributed by atoms with Gasteiger partial charge in [0.25, 0.3) is 0 Å². The van der Waals surface area contributed by atoms with Crippen LogP contribution in [0.15, 0.2) is 48.5 Å². The molecule has 35 heavy (non-hydrogen) atoms. The molecule has 0 unspecified atom stereocenters. The first-order chi connectivity index (χ1) is 16.9. The summed E-state index contributed by atoms with van der Waals surface area (Å²) in [5.41, 5.74) is 0. The van der Waals surface area contributed by atoms with E-state index < -0.39 is 38.4 Å². The van der Waals surface area contributed by atoms with Crippen LogP contribution in [0.4, 0.5) is 0 Å². The van der Waals surface area contributed by atoms with Gasteiger partial charge in [-0.2, -0.15) is 0 Å². The Labute approximate surface area is 234 Å². The Bertz CT molecular complexity index is 746. The van der Waals surface area contributed by atoms with E-state index in [0.29, 0.717) is 0 Å². The first-order valence-corrected chi connectivity index (χ1v) is 27.0. The van der Waals surface area contributed by atoms with E-state index in [1.807, 2.05) is 48.5 Å². The van der Waals surface area contributed by atoms with Crippen molar-refractivity contribution in [3.8, 4) is 11.5 Å². The molecule has 0 aliphatic carbocycles. The maximum absolute atomic E-state index is 7.61. The molecule has 7 heteroatoms. The average molecular weight is 737 g/mol. The van der Waals surface area contributed by atoms with E-state index >= 15 is 0 Å². The average Bonchev–Trinajstić information content (AvgIpc) is 2.86. The summed E-state index contributed by atoms with van der Waals surface area (Å²) < 4.78 is 25.9. The topological polar surface area (TPSA) is 27.7 Å². The Morgan fingerprint density at radius 1 is 0.514 bits per heavy atom. The van der Waals surface area contributed by atoms with E-state index in [-0.39, 0.29) is 0 Å². The first-order valence-electron chi connectivity index (χ1n) is 13.5. The van der Waals surface area contributed by atoms with E-state index in [1.165, 1.54) is 0 Å². The third kappa shape index (κ3) is 11.2. The van der Waals surface area contributed by atoms with Gasteiger partial charge >= 0.3 is 236 Å². The number of hydrogen-bond donors (Lipinski definition) is 0. The van der Waals surface area contributed by atoms with Crippen molar-refractivity contribution in [2.75, 3.05) is 0 Å². The molecule has 0 fully saturated rings. The van der Waals surface area contributed by atoms with Crippen molar-refractivity contribution in [2.24, 2.45) is 0 Å². The molecule has 2 aromatic carbocycles. The third-order valence-corrected chi connectivity index (χ3v) is 39.3. The Balaban J connectivity index is 2.51. The van der Waals surface area contributed by atoms with Crippen LogP contribution in [0.1, 0.15) is 79.1 Å². The Morgan fingerprint density at radius 3 is 1.06 bits per heavy atom. The Morgan fingerprint density at radius 2 is 0.800 bits per heavy atom. The van der Waals surface area contributed by atoms with Crippen molar-refractivity contribution < 1.29 is 7.56 Å². The van der Waals surface area contributed by atoms with Crippen molar-refractivity contribution in [3.63, 3.8) is 0 Å². The number of halogens is 2. The Hall–Kier alpha value is 0.177. The molecule has 0 saturated carbocycles. The van der Waals surface area contributed by atoms with Gasteiger partial charge < -0.3 is 0 Å². The summed E-state index contributed by atoms with van der Waals surface area (Å²) in [5.74, 6) is 1.80. The van der Waals surface area contributed by atoms with Gasteiger partial charge in [-0.25, -0.2) is 0 Å². The predicted molar refractivity (Wildman–Crippen MR) is 156 cm³/mol. The van der Waals surface area contributed by atoms with Crippen molar-refractivity contribution in [3.05, 3.63) is 58.6 Å². The molecular weight excluding hydrogens is 693 g/mol. The van der Waals surface area contributed by atoms with Crippen molar-refractivity contribution in [1.29, 1.82) is 0 Å². The van der Waals surface area contributed by atoms with Gasteiger partial charge in [0.1, 0.15) is 0 Å². The second-order valence-corrected chi connectivity index (χ2v) is 32.1. The van der Waals surface area contributed by atoms with Crippen LogP contribution in [0.2, 0.25) is 27.8 Å². The van der Waals surface area contributed by atoms with Crippen LogP contribution < -0.4 is 6.15 Å². The third-order valence-electron chi connectivity index (χ3n) is 6.25. The van der Waals surface area contributed by atoms with Crippen LogP contribution in [0.25, 0.3) is 0 Å². The molecule has 0 radical (unpaired) electrons. The SMILES string of the molecule is CCC[CH2][Sn]([CH2]CCC)([O]c1ccc(Cl)cc1)[O][Sn]([CH2]CCC)([CH2]CCC)[O]c1ccc(Cl)cc1. The molecule has 0 saturated heterocycles. The fourth-order valence-electron chi connectivity index (χ4n) is 4.26. The molecule has 0 aliphatic heterocycles. The molecule has 0 spiro atoms. The molecule has 3 nitrogen and oxygen atoms in total. The van der Waals surface area contributed by atoms with E-state index in [4.69, 9.17) is 30.8 Å². The quantitative estimate of drug-likeness (QED) is 0.143. The molecule has 196 valence electrons. The monoisotopic (exact) mass is 738 g/mol. The van der Waals surface area contributed by atoms with Crippen molar-refractivity contribution in [2.45, 2.75) is 96.8 Å². The van der Waals surface area contributed by atoms with Crippen LogP contribution in [0.5, 0.6) is 11.5 Å². The number of unbranched alkanes of at least 4 members (excludes halogenated alkanes) is 4. The second kappa shape index (κ2) is 16.9. The molecule has 0 aliphatic rings. The van der Waals surface area contributed by atoms with E-state index in [9.17, 15) is 0 Å². The maximum atomic E-state index is 7.61. The van der Waals surface area contributed by atoms with Gasteiger partial charge in [-0.05, 0) is 0 Å². The van der Waals surface area contributed by atoms with Crippen LogP contribution in [0, 0.1) is 0 Å². The van der Waals surface area contributed by atoms with Crippen molar-refractivity contribution >= 4 is 61.6 Å². The summed E-state index contributed by atoms with van der Waals surface area (Å²) in [6.07, 6.45) is 9.11. The van der Waals surface area contributed by atoms with Gasteiger partial charge in [0.15, 0.2) is 0 Å². The summed E-state index contributed by atoms with van der Waals surface area (Å²) in [6, 6.07) is 15.7. The zero-order chi connectivity index (χ0) is 25.6. The molecule has 0 aromatic heterocycles. The molecular formula is C28H44Cl2O3Sn2. The van der Waals surface area contributed by atoms with Crippen LogP contribution in [0.3, 0.4) is 0 Å². The molecule has 2 rings (SSSR count). The van der Waals surface area contributed by atoms with Gasteiger partial charge in [-0.1, -0.05) is 0 Å². The zero-order valence-electron chi connectivity index (χ0n) is 22.1. The van der Waals surface area contributed by atoms with E-state index in [0.717, 1.165) is 90.7 Å². The fourth-order valence-corrected chi connectivity index (χ4v) is 46.2. The second-order valence-electron chi connectivity index (χ2n) is 9.45. The normalized spacial score (nSPS) is 12.1. The van der Waals surface area contributed by atoms with Gasteiger partial charge in [0, 0.05) is 0 Å². The van der Waals surface area contributed by atoms with Crippen LogP contribution in [-0.4, -0.2) is 38.4 Å². The van der Waals surface area contributed by atoms with Gasteiger partial charge in [-0.15, -0.1) is 0 Å². The van der Waals surface area contributed by atoms with E-state index in [2.05, 4.69) is 27.7 Å². The molecule has 0 bridgehead atoms. The number of benzene rings is 2. The summed E-state index contributed by atoms with van der Waals surface area (Å²) in [4.78, 5) is 0. The summed E-state index contributed by atoms with van der Waals surface area (Å²) in [7, 11) is 0. The summed E-state index contributed by atoms with van der Waals surface area (Å²) in [6.45, 7) is 9.03. The summed E-state index contributed by atoms with van der Waals surface area (Å²) >= 11 is 5.22. The molecule has 2 aromatic rings. The van der Waals surface area contributed by atoms with Gasteiger partial charge in [-0.3, -0.25) is 0 Å². The standard InChI is InChI=1S/2C6H5ClO.4C4H9.O.2Sn/c2*7-5-1-3-6(8)4-2-5;4*1-3-4-2;;;/h2*1-4,8H;4*1,3-4H2,2H3;;;/q;;;;;;;2*+1/p-2. The predicted octanol–water partition coefficient (Wildman–Crippen LogP) is 10.6. The molecule has 0 heterocycles. The van der Waals surface area contributed by atoms with E-state index in [1.54, 1.807) is 0 Å². The minimum atomic E-state index is -3.57. The first kappa shape index (κ1) is 31.4. The number of rotatable bonds is 18. The molecule has 0 N–H and O–H groups in total. The minimum absolute atomic E-state index is 0.728. The number of hydrogen-bond acceptors (Lipinski definition) is 3. The fraction of sp³-hybridized carbons (Fsp3) is 0.571. The van der Waals surface area contributed by atoms with Crippen LogP contribution >= 0.6 is 23.2 Å². The Kier molecular flexibility index (Phi) is 15.2. The van der Waals surface area contributed by atoms with Gasteiger partial charge in [0.2, 0.25) is 0 Å². The van der Waals surface area contributed by atoms with Crippen LogP contribution in [-0.2, 0) is 1.41 Å². The zero-order valence-corrected chi connectivity index (χ0v) is 29.3. The van der Waals surface area contributed by atoms with Crippen molar-refractivity contribution in [1.82, 2.24) is 0 Å². The van der Waals surface area contributed by atoms with Gasteiger partial charge in [0.05, 0.1) is 0 Å². The molecule has 0 amide bonds. The summed E-state index contributed by atoms with van der Waals surface area (Å²) in [5, 5.41) is 1.46. The molecule has 0 atom stereocenters.